The fraction of sp³-hybridized carbons (Fsp3) is 0.556. The summed E-state index contributed by atoms with van der Waals surface area (Å²) in [5.41, 5.74) is 2.26. The van der Waals surface area contributed by atoms with E-state index in [1.54, 1.807) is 7.11 Å². The van der Waals surface area contributed by atoms with Gasteiger partial charge in [0.15, 0.2) is 0 Å². The van der Waals surface area contributed by atoms with Crippen molar-refractivity contribution in [1.29, 1.82) is 0 Å². The van der Waals surface area contributed by atoms with Crippen molar-refractivity contribution in [2.24, 2.45) is 0 Å². The molecule has 1 heterocycles. The van der Waals surface area contributed by atoms with Gasteiger partial charge in [-0.1, -0.05) is 0 Å². The molecule has 0 unspecified atom stereocenters. The van der Waals surface area contributed by atoms with Gasteiger partial charge in [0.2, 0.25) is 0 Å². The summed E-state index contributed by atoms with van der Waals surface area (Å²) in [4.78, 5) is 16.2. The van der Waals surface area contributed by atoms with Crippen LogP contribution in [-0.2, 0) is 20.9 Å². The molecule has 5 heteroatoms. The third-order valence-corrected chi connectivity index (χ3v) is 1.61. The van der Waals surface area contributed by atoms with Crippen molar-refractivity contribution in [2.45, 2.75) is 20.4 Å². The fourth-order valence-corrected chi connectivity index (χ4v) is 1.08. The highest BCUT2D eigenvalue weighted by molar-refractivity contribution is 5.20. The Morgan fingerprint density at radius 1 is 1.50 bits per heavy atom. The van der Waals surface area contributed by atoms with E-state index in [-0.39, 0.29) is 6.15 Å². The average Bonchev–Trinajstić information content (AvgIpc) is 2.43. The molecule has 78 valence electrons. The molecule has 0 bridgehead atoms. The standard InChI is InChI=1S/C8H14N2O.CO2/c1-7-6-8(2)10(9-7)4-5-11-3;2-1-3/h6H,4-5H2,1-3H3;. The normalized spacial score (nSPS) is 8.79. The molecule has 0 saturated carbocycles. The molecule has 1 aromatic rings. The Balaban J connectivity index is 0.000000500. The molecule has 0 atom stereocenters. The van der Waals surface area contributed by atoms with E-state index >= 15 is 0 Å². The summed E-state index contributed by atoms with van der Waals surface area (Å²) in [5.74, 6) is 0. The van der Waals surface area contributed by atoms with Gasteiger partial charge in [-0.05, 0) is 19.9 Å². The lowest BCUT2D eigenvalue weighted by molar-refractivity contribution is -0.191. The molecule has 1 aromatic heterocycles. The van der Waals surface area contributed by atoms with Gasteiger partial charge in [0, 0.05) is 12.8 Å². The number of nitrogens with zero attached hydrogens (tertiary/aromatic N) is 2. The van der Waals surface area contributed by atoms with Gasteiger partial charge in [-0.25, -0.2) is 0 Å². The molecule has 0 aromatic carbocycles. The number of aromatic nitrogens is 2. The number of ether oxygens (including phenoxy) is 1. The first-order chi connectivity index (χ1) is 6.65. The van der Waals surface area contributed by atoms with E-state index in [0.29, 0.717) is 0 Å². The van der Waals surface area contributed by atoms with Gasteiger partial charge in [-0.3, -0.25) is 4.68 Å². The van der Waals surface area contributed by atoms with Crippen molar-refractivity contribution in [3.8, 4) is 0 Å². The molecular weight excluding hydrogens is 184 g/mol. The molecule has 0 aliphatic carbocycles. The Labute approximate surface area is 82.7 Å². The fourth-order valence-electron chi connectivity index (χ4n) is 1.08. The summed E-state index contributed by atoms with van der Waals surface area (Å²) in [6.07, 6.45) is 0.250. The van der Waals surface area contributed by atoms with E-state index in [0.717, 1.165) is 18.8 Å². The first-order valence-electron chi connectivity index (χ1n) is 4.15. The zero-order chi connectivity index (χ0) is 11.0. The van der Waals surface area contributed by atoms with Crippen LogP contribution in [-0.4, -0.2) is 29.6 Å². The average molecular weight is 198 g/mol. The minimum absolute atomic E-state index is 0.250. The summed E-state index contributed by atoms with van der Waals surface area (Å²) in [6, 6.07) is 2.07. The molecular formula is C9H14N2O3. The Kier molecular flexibility index (Phi) is 6.28. The van der Waals surface area contributed by atoms with Gasteiger partial charge in [-0.2, -0.15) is 14.7 Å². The highest BCUT2D eigenvalue weighted by atomic mass is 16.5. The van der Waals surface area contributed by atoms with Crippen molar-refractivity contribution >= 4 is 6.15 Å². The maximum atomic E-state index is 8.12. The number of carbonyl (C=O) groups excluding carboxylic acids is 2. The Morgan fingerprint density at radius 2 is 2.07 bits per heavy atom. The van der Waals surface area contributed by atoms with Crippen molar-refractivity contribution in [1.82, 2.24) is 9.78 Å². The molecule has 0 amide bonds. The second kappa shape index (κ2) is 7.00. The predicted molar refractivity (Wildman–Crippen MR) is 48.6 cm³/mol. The first kappa shape index (κ1) is 12.6. The third kappa shape index (κ3) is 4.54. The van der Waals surface area contributed by atoms with E-state index in [9.17, 15) is 0 Å². The van der Waals surface area contributed by atoms with Gasteiger partial charge in [0.1, 0.15) is 0 Å². The summed E-state index contributed by atoms with van der Waals surface area (Å²) in [5, 5.41) is 4.28. The van der Waals surface area contributed by atoms with Gasteiger partial charge in [0.05, 0.1) is 18.8 Å². The summed E-state index contributed by atoms with van der Waals surface area (Å²) in [7, 11) is 1.70. The quantitative estimate of drug-likeness (QED) is 0.712. The lowest BCUT2D eigenvalue weighted by Crippen LogP contribution is -2.07. The van der Waals surface area contributed by atoms with E-state index in [1.165, 1.54) is 5.69 Å². The van der Waals surface area contributed by atoms with E-state index < -0.39 is 0 Å². The minimum Gasteiger partial charge on any atom is -0.383 e. The van der Waals surface area contributed by atoms with Crippen LogP contribution in [0.2, 0.25) is 0 Å². The predicted octanol–water partition coefficient (Wildman–Crippen LogP) is 0.563. The number of hydrogen-bond donors (Lipinski definition) is 0. The zero-order valence-corrected chi connectivity index (χ0v) is 8.61. The van der Waals surface area contributed by atoms with Crippen molar-refractivity contribution in [3.63, 3.8) is 0 Å². The van der Waals surface area contributed by atoms with Crippen LogP contribution in [0.15, 0.2) is 6.07 Å². The second-order valence-corrected chi connectivity index (χ2v) is 2.73. The number of rotatable bonds is 3. The maximum absolute atomic E-state index is 8.12. The molecule has 5 nitrogen and oxygen atoms in total. The van der Waals surface area contributed by atoms with Crippen LogP contribution in [0.25, 0.3) is 0 Å². The van der Waals surface area contributed by atoms with Gasteiger partial charge >= 0.3 is 6.15 Å². The summed E-state index contributed by atoms with van der Waals surface area (Å²) >= 11 is 0. The van der Waals surface area contributed by atoms with Crippen LogP contribution in [0.3, 0.4) is 0 Å². The van der Waals surface area contributed by atoms with E-state index in [1.807, 2.05) is 11.6 Å². The molecule has 0 N–H and O–H groups in total. The molecule has 1 rings (SSSR count). The van der Waals surface area contributed by atoms with Crippen LogP contribution in [0.4, 0.5) is 0 Å². The molecule has 0 radical (unpaired) electrons. The van der Waals surface area contributed by atoms with Crippen LogP contribution in [0.5, 0.6) is 0 Å². The molecule has 0 aliphatic heterocycles. The lowest BCUT2D eigenvalue weighted by Gasteiger charge is -2.01. The molecule has 0 saturated heterocycles. The monoisotopic (exact) mass is 198 g/mol. The van der Waals surface area contributed by atoms with E-state index in [4.69, 9.17) is 14.3 Å². The maximum Gasteiger partial charge on any atom is 0.373 e. The lowest BCUT2D eigenvalue weighted by atomic mass is 10.4. The largest absolute Gasteiger partial charge is 0.383 e. The molecule has 0 fully saturated rings. The molecule has 0 aliphatic rings. The van der Waals surface area contributed by atoms with Crippen molar-refractivity contribution in [2.75, 3.05) is 13.7 Å². The minimum atomic E-state index is 0.250. The van der Waals surface area contributed by atoms with Crippen LogP contribution in [0.1, 0.15) is 11.4 Å². The van der Waals surface area contributed by atoms with Crippen LogP contribution >= 0.6 is 0 Å². The van der Waals surface area contributed by atoms with Gasteiger partial charge in [-0.15, -0.1) is 0 Å². The number of methoxy groups -OCH3 is 1. The van der Waals surface area contributed by atoms with Crippen LogP contribution in [0, 0.1) is 13.8 Å². The first-order valence-corrected chi connectivity index (χ1v) is 4.15. The third-order valence-electron chi connectivity index (χ3n) is 1.61. The van der Waals surface area contributed by atoms with E-state index in [2.05, 4.69) is 18.1 Å². The number of hydrogen-bond acceptors (Lipinski definition) is 4. The SMILES string of the molecule is COCCn1nc(C)cc1C.O=C=O. The zero-order valence-electron chi connectivity index (χ0n) is 8.61. The van der Waals surface area contributed by atoms with Crippen LogP contribution < -0.4 is 0 Å². The van der Waals surface area contributed by atoms with Gasteiger partial charge < -0.3 is 4.74 Å². The summed E-state index contributed by atoms with van der Waals surface area (Å²) < 4.78 is 6.91. The Bertz CT molecular complexity index is 301. The molecule has 0 spiro atoms. The smallest absolute Gasteiger partial charge is 0.373 e. The van der Waals surface area contributed by atoms with Crippen molar-refractivity contribution in [3.05, 3.63) is 17.5 Å². The van der Waals surface area contributed by atoms with Crippen molar-refractivity contribution < 1.29 is 14.3 Å². The topological polar surface area (TPSA) is 61.2 Å². The van der Waals surface area contributed by atoms with Gasteiger partial charge in [0.25, 0.3) is 0 Å². The highest BCUT2D eigenvalue weighted by Crippen LogP contribution is 2.00. The second-order valence-electron chi connectivity index (χ2n) is 2.73. The molecule has 14 heavy (non-hydrogen) atoms. The highest BCUT2D eigenvalue weighted by Gasteiger charge is 1.98. The number of aryl methyl sites for hydroxylation is 2. The Morgan fingerprint density at radius 3 is 2.43 bits per heavy atom. The summed E-state index contributed by atoms with van der Waals surface area (Å²) in [6.45, 7) is 5.62. The Hall–Kier alpha value is -1.45.